The van der Waals surface area contributed by atoms with Gasteiger partial charge in [0.15, 0.2) is 11.5 Å². The molecular formula is C15H19NO9. The Morgan fingerprint density at radius 2 is 1.96 bits per heavy atom. The number of nitrogens with zero attached hydrogens (tertiary/aromatic N) is 1. The van der Waals surface area contributed by atoms with E-state index in [2.05, 4.69) is 0 Å². The molecule has 0 bridgehead atoms. The summed E-state index contributed by atoms with van der Waals surface area (Å²) in [6.07, 6.45) is -5.04. The molecule has 0 unspecified atom stereocenters. The van der Waals surface area contributed by atoms with Crippen molar-refractivity contribution in [2.24, 2.45) is 0 Å². The van der Waals surface area contributed by atoms with Gasteiger partial charge in [-0.2, -0.15) is 0 Å². The first-order valence-corrected chi connectivity index (χ1v) is 7.34. The molecule has 0 saturated carbocycles. The van der Waals surface area contributed by atoms with Crippen LogP contribution in [0.4, 0.5) is 0 Å². The molecule has 1 aromatic carbocycles. The normalized spacial score (nSPS) is 29.6. The molecule has 1 aliphatic heterocycles. The first-order chi connectivity index (χ1) is 11.9. The maximum atomic E-state index is 10.4. The largest absolute Gasteiger partial charge is 0.493 e. The van der Waals surface area contributed by atoms with Crippen molar-refractivity contribution < 1.29 is 39.6 Å². The standard InChI is InChI=1S/C15H19NO9/c1-23-10-6-8(4-5-16(21)22)2-3-9(10)24-15-14(20)13(19)12(18)11(7-17)25-15/h2-6,11-15,17-20H,7H2,1H3/b5-4-/t11-,12-,13+,14-,15+/m0/s1. The van der Waals surface area contributed by atoms with E-state index >= 15 is 0 Å². The van der Waals surface area contributed by atoms with Crippen LogP contribution in [0, 0.1) is 10.1 Å². The second kappa shape index (κ2) is 8.23. The van der Waals surface area contributed by atoms with Gasteiger partial charge in [-0.15, -0.1) is 0 Å². The van der Waals surface area contributed by atoms with E-state index in [0.29, 0.717) is 5.56 Å². The second-order valence-corrected chi connectivity index (χ2v) is 5.33. The number of benzene rings is 1. The van der Waals surface area contributed by atoms with Crippen LogP contribution in [0.3, 0.4) is 0 Å². The predicted molar refractivity (Wildman–Crippen MR) is 83.4 cm³/mol. The summed E-state index contributed by atoms with van der Waals surface area (Å²) in [5, 5.41) is 49.0. The smallest absolute Gasteiger partial charge is 0.235 e. The monoisotopic (exact) mass is 357 g/mol. The van der Waals surface area contributed by atoms with Crippen molar-refractivity contribution in [2.45, 2.75) is 30.7 Å². The van der Waals surface area contributed by atoms with Crippen molar-refractivity contribution in [2.75, 3.05) is 13.7 Å². The van der Waals surface area contributed by atoms with Crippen molar-refractivity contribution in [3.05, 3.63) is 40.1 Å². The van der Waals surface area contributed by atoms with Crippen LogP contribution >= 0.6 is 0 Å². The third-order valence-corrected chi connectivity index (χ3v) is 3.67. The Labute approximate surface area is 142 Å². The number of rotatable bonds is 6. The van der Waals surface area contributed by atoms with Crippen LogP contribution in [0.25, 0.3) is 6.08 Å². The lowest BCUT2D eigenvalue weighted by Crippen LogP contribution is -2.60. The van der Waals surface area contributed by atoms with Gasteiger partial charge in [0.25, 0.3) is 0 Å². The first-order valence-electron chi connectivity index (χ1n) is 7.34. The number of aliphatic hydroxyl groups is 4. The fourth-order valence-electron chi connectivity index (χ4n) is 2.32. The lowest BCUT2D eigenvalue weighted by atomic mass is 9.99. The van der Waals surface area contributed by atoms with Crippen molar-refractivity contribution in [1.29, 1.82) is 0 Å². The highest BCUT2D eigenvalue weighted by atomic mass is 16.7. The molecule has 1 fully saturated rings. The molecule has 0 amide bonds. The third-order valence-electron chi connectivity index (χ3n) is 3.67. The van der Waals surface area contributed by atoms with E-state index in [1.807, 2.05) is 0 Å². The van der Waals surface area contributed by atoms with Gasteiger partial charge in [0.2, 0.25) is 12.5 Å². The fraction of sp³-hybridized carbons (Fsp3) is 0.467. The molecule has 0 spiro atoms. The molecule has 2 rings (SSSR count). The lowest BCUT2D eigenvalue weighted by Gasteiger charge is -2.39. The van der Waals surface area contributed by atoms with Crippen molar-refractivity contribution in [3.63, 3.8) is 0 Å². The van der Waals surface area contributed by atoms with Crippen LogP contribution in [-0.2, 0) is 4.74 Å². The fourth-order valence-corrected chi connectivity index (χ4v) is 2.32. The summed E-state index contributed by atoms with van der Waals surface area (Å²) in [6, 6.07) is 4.43. The minimum atomic E-state index is -1.57. The molecule has 1 saturated heterocycles. The van der Waals surface area contributed by atoms with Crippen LogP contribution < -0.4 is 9.47 Å². The molecule has 0 radical (unpaired) electrons. The summed E-state index contributed by atoms with van der Waals surface area (Å²) in [5.41, 5.74) is 0.481. The Balaban J connectivity index is 2.19. The third kappa shape index (κ3) is 4.44. The molecule has 5 atom stereocenters. The molecule has 1 heterocycles. The number of nitro groups is 1. The van der Waals surface area contributed by atoms with Gasteiger partial charge in [-0.05, 0) is 17.7 Å². The molecule has 1 aromatic rings. The van der Waals surface area contributed by atoms with Crippen LogP contribution in [0.5, 0.6) is 11.5 Å². The molecular weight excluding hydrogens is 338 g/mol. The number of hydrogen-bond donors (Lipinski definition) is 4. The number of ether oxygens (including phenoxy) is 3. The Kier molecular flexibility index (Phi) is 6.28. The maximum absolute atomic E-state index is 10.4. The van der Waals surface area contributed by atoms with Crippen LogP contribution in [0.1, 0.15) is 5.56 Å². The molecule has 4 N–H and O–H groups in total. The molecule has 10 nitrogen and oxygen atoms in total. The molecule has 0 aromatic heterocycles. The highest BCUT2D eigenvalue weighted by Gasteiger charge is 2.44. The van der Waals surface area contributed by atoms with Gasteiger partial charge in [-0.3, -0.25) is 10.1 Å². The minimum Gasteiger partial charge on any atom is -0.493 e. The summed E-state index contributed by atoms with van der Waals surface area (Å²) < 4.78 is 15.9. The zero-order chi connectivity index (χ0) is 18.6. The average Bonchev–Trinajstić information content (AvgIpc) is 2.60. The molecule has 138 valence electrons. The van der Waals surface area contributed by atoms with Crippen LogP contribution in [0.2, 0.25) is 0 Å². The Bertz CT molecular complexity index is 633. The molecule has 1 aliphatic rings. The van der Waals surface area contributed by atoms with Crippen molar-refractivity contribution in [3.8, 4) is 11.5 Å². The summed E-state index contributed by atoms with van der Waals surface area (Å²) in [5.74, 6) is 0.354. The number of methoxy groups -OCH3 is 1. The minimum absolute atomic E-state index is 0.144. The second-order valence-electron chi connectivity index (χ2n) is 5.33. The Hall–Kier alpha value is -2.24. The van der Waals surface area contributed by atoms with Gasteiger partial charge >= 0.3 is 0 Å². The van der Waals surface area contributed by atoms with E-state index in [4.69, 9.17) is 19.3 Å². The number of hydrogen-bond acceptors (Lipinski definition) is 9. The van der Waals surface area contributed by atoms with E-state index in [0.717, 1.165) is 6.20 Å². The summed E-state index contributed by atoms with van der Waals surface area (Å²) in [7, 11) is 1.36. The Morgan fingerprint density at radius 1 is 1.24 bits per heavy atom. The topological polar surface area (TPSA) is 152 Å². The summed E-state index contributed by atoms with van der Waals surface area (Å²) in [6.45, 7) is -0.577. The van der Waals surface area contributed by atoms with Gasteiger partial charge < -0.3 is 34.6 Å². The maximum Gasteiger partial charge on any atom is 0.235 e. The van der Waals surface area contributed by atoms with Gasteiger partial charge in [-0.25, -0.2) is 0 Å². The highest BCUT2D eigenvalue weighted by molar-refractivity contribution is 5.55. The van der Waals surface area contributed by atoms with E-state index in [-0.39, 0.29) is 11.5 Å². The van der Waals surface area contributed by atoms with Crippen molar-refractivity contribution in [1.82, 2.24) is 0 Å². The SMILES string of the molecule is COc1cc(/C=C\[N+](=O)[O-])ccc1O[C@@H]1O[C@@H](CO)[C@H](O)[C@@H](O)[C@@H]1O. The van der Waals surface area contributed by atoms with Gasteiger partial charge in [0.1, 0.15) is 24.4 Å². The zero-order valence-electron chi connectivity index (χ0n) is 13.3. The van der Waals surface area contributed by atoms with Gasteiger partial charge in [-0.1, -0.05) is 6.07 Å². The average molecular weight is 357 g/mol. The van der Waals surface area contributed by atoms with Gasteiger partial charge in [0.05, 0.1) is 18.6 Å². The quantitative estimate of drug-likeness (QED) is 0.376. The predicted octanol–water partition coefficient (Wildman–Crippen LogP) is -0.879. The lowest BCUT2D eigenvalue weighted by molar-refractivity contribution is -0.400. The molecule has 10 heteroatoms. The van der Waals surface area contributed by atoms with Crippen LogP contribution in [0.15, 0.2) is 24.4 Å². The van der Waals surface area contributed by atoms with E-state index < -0.39 is 42.2 Å². The van der Waals surface area contributed by atoms with Gasteiger partial charge in [0, 0.05) is 6.08 Å². The molecule has 0 aliphatic carbocycles. The number of aliphatic hydroxyl groups excluding tert-OH is 4. The van der Waals surface area contributed by atoms with E-state index in [1.165, 1.54) is 31.4 Å². The summed E-state index contributed by atoms with van der Waals surface area (Å²) in [4.78, 5) is 9.76. The van der Waals surface area contributed by atoms with Crippen molar-refractivity contribution >= 4 is 6.08 Å². The highest BCUT2D eigenvalue weighted by Crippen LogP contribution is 2.32. The van der Waals surface area contributed by atoms with Crippen LogP contribution in [-0.4, -0.2) is 69.8 Å². The first kappa shape index (κ1) is 19.1. The Morgan fingerprint density at radius 3 is 2.56 bits per heavy atom. The zero-order valence-corrected chi connectivity index (χ0v) is 13.3. The molecule has 25 heavy (non-hydrogen) atoms. The van der Waals surface area contributed by atoms with E-state index in [1.54, 1.807) is 0 Å². The summed E-state index contributed by atoms with van der Waals surface area (Å²) >= 11 is 0. The van der Waals surface area contributed by atoms with E-state index in [9.17, 15) is 25.4 Å².